The quantitative estimate of drug-likeness (QED) is 0.323. The molecule has 0 N–H and O–H groups in total. The largest absolute Gasteiger partial charge is 0.337 e. The van der Waals surface area contributed by atoms with Crippen LogP contribution in [0.3, 0.4) is 0 Å². The van der Waals surface area contributed by atoms with E-state index in [1.54, 1.807) is 41.5 Å². The number of nitrogens with zero attached hydrogens (tertiary/aromatic N) is 1. The first kappa shape index (κ1) is 22.4. The van der Waals surface area contributed by atoms with E-state index >= 15 is 0 Å². The van der Waals surface area contributed by atoms with Crippen LogP contribution in [0.4, 0.5) is 8.78 Å². The summed E-state index contributed by atoms with van der Waals surface area (Å²) in [5, 5.41) is 0. The number of amides is 1. The fraction of sp³-hybridized carbons (Fsp3) is 0.115. The van der Waals surface area contributed by atoms with Gasteiger partial charge in [-0.1, -0.05) is 24.3 Å². The van der Waals surface area contributed by atoms with Gasteiger partial charge in [-0.05, 0) is 64.7 Å². The van der Waals surface area contributed by atoms with Crippen LogP contribution >= 0.6 is 11.3 Å². The second-order valence-corrected chi connectivity index (χ2v) is 11.3. The third-order valence-corrected chi connectivity index (χ3v) is 8.68. The average molecular weight is 496 g/mol. The Balaban J connectivity index is 1.41. The summed E-state index contributed by atoms with van der Waals surface area (Å²) in [7, 11) is -2.20. The van der Waals surface area contributed by atoms with Gasteiger partial charge in [-0.15, -0.1) is 11.3 Å². The highest BCUT2D eigenvalue weighted by molar-refractivity contribution is 7.90. The highest BCUT2D eigenvalue weighted by atomic mass is 32.2. The molecule has 5 rings (SSSR count). The maximum absolute atomic E-state index is 14.0. The maximum atomic E-state index is 14.0. The van der Waals surface area contributed by atoms with Gasteiger partial charge < -0.3 is 4.90 Å². The van der Waals surface area contributed by atoms with Crippen molar-refractivity contribution in [3.05, 3.63) is 101 Å². The zero-order chi connectivity index (χ0) is 24.0. The van der Waals surface area contributed by atoms with E-state index in [1.807, 2.05) is 36.4 Å². The number of halogens is 2. The van der Waals surface area contributed by atoms with Crippen LogP contribution in [0.25, 0.3) is 20.9 Å². The lowest BCUT2D eigenvalue weighted by atomic mass is 10.1. The second kappa shape index (κ2) is 8.45. The molecule has 34 heavy (non-hydrogen) atoms. The van der Waals surface area contributed by atoms with Crippen LogP contribution in [-0.2, 0) is 22.1 Å². The van der Waals surface area contributed by atoms with Crippen LogP contribution in [0.5, 0.6) is 0 Å². The van der Waals surface area contributed by atoms with Gasteiger partial charge in [0.15, 0.2) is 9.84 Å². The van der Waals surface area contributed by atoms with E-state index in [0.717, 1.165) is 44.1 Å². The Kier molecular flexibility index (Phi) is 5.58. The monoisotopic (exact) mass is 495 g/mol. The van der Waals surface area contributed by atoms with Crippen LogP contribution in [0.1, 0.15) is 21.5 Å². The van der Waals surface area contributed by atoms with Gasteiger partial charge in [-0.2, -0.15) is 0 Å². The van der Waals surface area contributed by atoms with Crippen molar-refractivity contribution in [2.45, 2.75) is 17.2 Å². The predicted octanol–water partition coefficient (Wildman–Crippen LogP) is 5.92. The van der Waals surface area contributed by atoms with Crippen molar-refractivity contribution >= 4 is 27.1 Å². The summed E-state index contributed by atoms with van der Waals surface area (Å²) in [6, 6.07) is 19.4. The Morgan fingerprint density at radius 3 is 2.38 bits per heavy atom. The van der Waals surface area contributed by atoms with E-state index < -0.39 is 32.1 Å². The lowest BCUT2D eigenvalue weighted by molar-refractivity contribution is 0.0816. The zero-order valence-electron chi connectivity index (χ0n) is 18.1. The summed E-state index contributed by atoms with van der Waals surface area (Å²) in [5.41, 5.74) is 4.10. The lowest BCUT2D eigenvalue weighted by Crippen LogP contribution is -2.17. The predicted molar refractivity (Wildman–Crippen MR) is 128 cm³/mol. The maximum Gasteiger partial charge on any atom is 0.254 e. The number of fused-ring (bicyclic) bond motifs is 1. The molecule has 172 valence electrons. The first-order valence-electron chi connectivity index (χ1n) is 10.5. The number of sulfone groups is 1. The Morgan fingerprint density at radius 1 is 0.912 bits per heavy atom. The number of hydrogen-bond acceptors (Lipinski definition) is 4. The molecular formula is C26H19F2NO3S2. The standard InChI is InChI=1S/C26H19F2NO3S2/c1-29-14-19-12-18(5-7-21(19)26(29)30)24-9-8-23(33-24)17-4-2-3-16(11-17)15-34(31,32)25-10-6-20(27)13-22(25)28/h2-13H,14-15H2,1H3. The Morgan fingerprint density at radius 2 is 1.65 bits per heavy atom. The molecular weight excluding hydrogens is 476 g/mol. The van der Waals surface area contributed by atoms with Crippen molar-refractivity contribution in [2.24, 2.45) is 0 Å². The van der Waals surface area contributed by atoms with Crippen molar-refractivity contribution in [1.82, 2.24) is 4.90 Å². The summed E-state index contributed by atoms with van der Waals surface area (Å²) >= 11 is 1.56. The highest BCUT2D eigenvalue weighted by Gasteiger charge is 2.25. The first-order valence-corrected chi connectivity index (χ1v) is 12.9. The molecule has 4 nitrogen and oxygen atoms in total. The summed E-state index contributed by atoms with van der Waals surface area (Å²) in [4.78, 5) is 15.3. The van der Waals surface area contributed by atoms with Crippen molar-refractivity contribution in [3.63, 3.8) is 0 Å². The molecule has 1 aliphatic heterocycles. The van der Waals surface area contributed by atoms with Crippen molar-refractivity contribution in [3.8, 4) is 20.9 Å². The number of carbonyl (C=O) groups is 1. The number of hydrogen-bond donors (Lipinski definition) is 0. The summed E-state index contributed by atoms with van der Waals surface area (Å²) in [6.07, 6.45) is 0. The van der Waals surface area contributed by atoms with Crippen LogP contribution in [0.15, 0.2) is 77.7 Å². The van der Waals surface area contributed by atoms with E-state index in [2.05, 4.69) is 0 Å². The van der Waals surface area contributed by atoms with Gasteiger partial charge in [0.05, 0.1) is 5.75 Å². The summed E-state index contributed by atoms with van der Waals surface area (Å²) in [5.74, 6) is -2.29. The van der Waals surface area contributed by atoms with E-state index in [9.17, 15) is 22.0 Å². The lowest BCUT2D eigenvalue weighted by Gasteiger charge is -2.07. The number of benzene rings is 3. The highest BCUT2D eigenvalue weighted by Crippen LogP contribution is 2.37. The van der Waals surface area contributed by atoms with Gasteiger partial charge in [-0.25, -0.2) is 17.2 Å². The van der Waals surface area contributed by atoms with E-state index in [-0.39, 0.29) is 5.91 Å². The minimum atomic E-state index is -3.98. The molecule has 0 saturated carbocycles. The van der Waals surface area contributed by atoms with Gasteiger partial charge in [0.25, 0.3) is 5.91 Å². The van der Waals surface area contributed by atoms with Gasteiger partial charge in [0.1, 0.15) is 16.5 Å². The van der Waals surface area contributed by atoms with Crippen molar-refractivity contribution in [1.29, 1.82) is 0 Å². The van der Waals surface area contributed by atoms with Crippen LogP contribution in [0, 0.1) is 11.6 Å². The molecule has 1 aromatic heterocycles. The topological polar surface area (TPSA) is 54.5 Å². The molecule has 0 spiro atoms. The van der Waals surface area contributed by atoms with Crippen molar-refractivity contribution in [2.75, 3.05) is 7.05 Å². The third kappa shape index (κ3) is 4.15. The third-order valence-electron chi connectivity index (χ3n) is 5.78. The van der Waals surface area contributed by atoms with Crippen LogP contribution < -0.4 is 0 Å². The normalized spacial score (nSPS) is 13.4. The molecule has 2 heterocycles. The van der Waals surface area contributed by atoms with Gasteiger partial charge in [0.2, 0.25) is 0 Å². The van der Waals surface area contributed by atoms with Gasteiger partial charge >= 0.3 is 0 Å². The molecule has 0 aliphatic carbocycles. The molecule has 0 radical (unpaired) electrons. The minimum absolute atomic E-state index is 0.0284. The van der Waals surface area contributed by atoms with Crippen LogP contribution in [0.2, 0.25) is 0 Å². The minimum Gasteiger partial charge on any atom is -0.337 e. The molecule has 0 unspecified atom stereocenters. The molecule has 3 aromatic carbocycles. The van der Waals surface area contributed by atoms with Crippen LogP contribution in [-0.4, -0.2) is 26.3 Å². The van der Waals surface area contributed by atoms with Gasteiger partial charge in [-0.3, -0.25) is 4.79 Å². The fourth-order valence-electron chi connectivity index (χ4n) is 4.11. The summed E-state index contributed by atoms with van der Waals surface area (Å²) < 4.78 is 52.7. The molecule has 0 bridgehead atoms. The smallest absolute Gasteiger partial charge is 0.254 e. The Bertz CT molecular complexity index is 1540. The molecule has 0 atom stereocenters. The number of carbonyl (C=O) groups excluding carboxylic acids is 1. The number of thiophene rings is 1. The van der Waals surface area contributed by atoms with Gasteiger partial charge in [0, 0.05) is 35.0 Å². The molecule has 8 heteroatoms. The molecule has 0 fully saturated rings. The molecule has 1 amide bonds. The zero-order valence-corrected chi connectivity index (χ0v) is 19.7. The van der Waals surface area contributed by atoms with E-state index in [1.165, 1.54) is 0 Å². The molecule has 4 aromatic rings. The fourth-order valence-corrected chi connectivity index (χ4v) is 6.51. The number of rotatable bonds is 5. The van der Waals surface area contributed by atoms with E-state index in [0.29, 0.717) is 18.2 Å². The van der Waals surface area contributed by atoms with Crippen molar-refractivity contribution < 1.29 is 22.0 Å². The summed E-state index contributed by atoms with van der Waals surface area (Å²) in [6.45, 7) is 0.589. The Hall–Kier alpha value is -3.36. The Labute approximate surface area is 200 Å². The second-order valence-electron chi connectivity index (χ2n) is 8.23. The SMILES string of the molecule is CN1Cc2cc(-c3ccc(-c4cccc(CS(=O)(=O)c5ccc(F)cc5F)c4)s3)ccc2C1=O. The molecule has 1 aliphatic rings. The average Bonchev–Trinajstić information content (AvgIpc) is 3.38. The molecule has 0 saturated heterocycles. The van der Waals surface area contributed by atoms with E-state index in [4.69, 9.17) is 0 Å². The first-order chi connectivity index (χ1) is 16.2.